The minimum Gasteiger partial charge on any atom is -0.382 e. The first kappa shape index (κ1) is 14.9. The van der Waals surface area contributed by atoms with Crippen molar-refractivity contribution < 1.29 is 4.79 Å². The predicted molar refractivity (Wildman–Crippen MR) is 84.2 cm³/mol. The van der Waals surface area contributed by atoms with E-state index >= 15 is 0 Å². The summed E-state index contributed by atoms with van der Waals surface area (Å²) >= 11 is 0. The normalized spacial score (nSPS) is 22.4. The molecule has 3 nitrogen and oxygen atoms in total. The van der Waals surface area contributed by atoms with Gasteiger partial charge in [0.05, 0.1) is 0 Å². The maximum atomic E-state index is 11.7. The van der Waals surface area contributed by atoms with E-state index in [9.17, 15) is 4.79 Å². The Hall–Kier alpha value is -1.51. The zero-order valence-corrected chi connectivity index (χ0v) is 12.8. The Bertz CT molecular complexity index is 470. The molecular formula is C17H26N2O. The molecule has 110 valence electrons. The SMILES string of the molecule is CCC1CCCC(Nc2cc(C(=O)NC)ccc2C)C1. The van der Waals surface area contributed by atoms with Crippen LogP contribution in [0.3, 0.4) is 0 Å². The van der Waals surface area contributed by atoms with Crippen LogP contribution >= 0.6 is 0 Å². The third-order valence-corrected chi connectivity index (χ3v) is 4.45. The van der Waals surface area contributed by atoms with Crippen LogP contribution < -0.4 is 10.6 Å². The molecule has 1 fully saturated rings. The van der Waals surface area contributed by atoms with Gasteiger partial charge in [0.1, 0.15) is 0 Å². The summed E-state index contributed by atoms with van der Waals surface area (Å²) in [5.74, 6) is 0.826. The third kappa shape index (κ3) is 3.53. The van der Waals surface area contributed by atoms with Gasteiger partial charge in [-0.05, 0) is 43.4 Å². The summed E-state index contributed by atoms with van der Waals surface area (Å²) in [7, 11) is 1.67. The van der Waals surface area contributed by atoms with Gasteiger partial charge in [-0.2, -0.15) is 0 Å². The molecule has 0 radical (unpaired) electrons. The van der Waals surface area contributed by atoms with E-state index < -0.39 is 0 Å². The Labute approximate surface area is 122 Å². The first-order valence-corrected chi connectivity index (χ1v) is 7.73. The van der Waals surface area contributed by atoms with E-state index in [2.05, 4.69) is 24.5 Å². The molecule has 0 aliphatic heterocycles. The van der Waals surface area contributed by atoms with Gasteiger partial charge in [0, 0.05) is 24.3 Å². The lowest BCUT2D eigenvalue weighted by Gasteiger charge is -2.30. The molecular weight excluding hydrogens is 248 g/mol. The molecule has 0 bridgehead atoms. The Morgan fingerprint density at radius 2 is 2.15 bits per heavy atom. The molecule has 0 saturated heterocycles. The molecule has 2 rings (SSSR count). The fourth-order valence-corrected chi connectivity index (χ4v) is 3.08. The number of benzene rings is 1. The van der Waals surface area contributed by atoms with E-state index in [0.29, 0.717) is 6.04 Å². The Balaban J connectivity index is 2.10. The fraction of sp³-hybridized carbons (Fsp3) is 0.588. The summed E-state index contributed by atoms with van der Waals surface area (Å²) in [6, 6.07) is 6.43. The Kier molecular flexibility index (Phi) is 5.05. The summed E-state index contributed by atoms with van der Waals surface area (Å²) < 4.78 is 0. The van der Waals surface area contributed by atoms with E-state index in [0.717, 1.165) is 17.2 Å². The van der Waals surface area contributed by atoms with Crippen molar-refractivity contribution in [2.75, 3.05) is 12.4 Å². The number of nitrogens with one attached hydrogen (secondary N) is 2. The number of aryl methyl sites for hydroxylation is 1. The van der Waals surface area contributed by atoms with Gasteiger partial charge < -0.3 is 10.6 Å². The van der Waals surface area contributed by atoms with E-state index in [1.165, 1.54) is 37.7 Å². The van der Waals surface area contributed by atoms with Crippen molar-refractivity contribution >= 4 is 11.6 Å². The molecule has 2 atom stereocenters. The highest BCUT2D eigenvalue weighted by Gasteiger charge is 2.21. The first-order chi connectivity index (χ1) is 9.63. The standard InChI is InChI=1S/C17H26N2O/c1-4-13-6-5-7-15(10-13)19-16-11-14(17(20)18-3)9-8-12(16)2/h8-9,11,13,15,19H,4-7,10H2,1-3H3,(H,18,20). The fourth-order valence-electron chi connectivity index (χ4n) is 3.08. The zero-order chi connectivity index (χ0) is 14.5. The molecule has 0 heterocycles. The maximum absolute atomic E-state index is 11.7. The van der Waals surface area contributed by atoms with Crippen LogP contribution in [-0.2, 0) is 0 Å². The monoisotopic (exact) mass is 274 g/mol. The molecule has 2 unspecified atom stereocenters. The second-order valence-corrected chi connectivity index (χ2v) is 5.89. The molecule has 3 heteroatoms. The molecule has 20 heavy (non-hydrogen) atoms. The molecule has 2 N–H and O–H groups in total. The van der Waals surface area contributed by atoms with Crippen LogP contribution in [0.2, 0.25) is 0 Å². The number of rotatable bonds is 4. The van der Waals surface area contributed by atoms with Gasteiger partial charge in [0.2, 0.25) is 0 Å². The van der Waals surface area contributed by atoms with Crippen LogP contribution in [0.15, 0.2) is 18.2 Å². The molecule has 1 aromatic rings. The van der Waals surface area contributed by atoms with Crippen molar-refractivity contribution in [1.29, 1.82) is 0 Å². The van der Waals surface area contributed by atoms with Crippen LogP contribution in [0, 0.1) is 12.8 Å². The average molecular weight is 274 g/mol. The van der Waals surface area contributed by atoms with Crippen LogP contribution in [0.25, 0.3) is 0 Å². The molecule has 1 aliphatic rings. The Morgan fingerprint density at radius 1 is 1.35 bits per heavy atom. The molecule has 1 saturated carbocycles. The minimum absolute atomic E-state index is 0.0249. The number of carbonyl (C=O) groups excluding carboxylic acids is 1. The van der Waals surface area contributed by atoms with Gasteiger partial charge in [-0.25, -0.2) is 0 Å². The van der Waals surface area contributed by atoms with Crippen molar-refractivity contribution in [3.05, 3.63) is 29.3 Å². The Morgan fingerprint density at radius 3 is 2.85 bits per heavy atom. The van der Waals surface area contributed by atoms with Gasteiger partial charge in [-0.15, -0.1) is 0 Å². The molecule has 1 aromatic carbocycles. The predicted octanol–water partition coefficient (Wildman–Crippen LogP) is 3.74. The number of amides is 1. The number of hydrogen-bond acceptors (Lipinski definition) is 2. The van der Waals surface area contributed by atoms with Gasteiger partial charge >= 0.3 is 0 Å². The quantitative estimate of drug-likeness (QED) is 0.878. The number of carbonyl (C=O) groups is 1. The van der Waals surface area contributed by atoms with E-state index in [4.69, 9.17) is 0 Å². The highest BCUT2D eigenvalue weighted by molar-refractivity contribution is 5.95. The molecule has 1 amide bonds. The van der Waals surface area contributed by atoms with Crippen molar-refractivity contribution in [3.8, 4) is 0 Å². The largest absolute Gasteiger partial charge is 0.382 e. The lowest BCUT2D eigenvalue weighted by molar-refractivity contribution is 0.0963. The van der Waals surface area contributed by atoms with Crippen molar-refractivity contribution in [2.45, 2.75) is 52.0 Å². The number of anilines is 1. The van der Waals surface area contributed by atoms with Crippen LogP contribution in [-0.4, -0.2) is 19.0 Å². The van der Waals surface area contributed by atoms with Crippen LogP contribution in [0.4, 0.5) is 5.69 Å². The summed E-state index contributed by atoms with van der Waals surface area (Å²) in [6.45, 7) is 4.38. The van der Waals surface area contributed by atoms with E-state index in [-0.39, 0.29) is 5.91 Å². The van der Waals surface area contributed by atoms with Gasteiger partial charge in [-0.1, -0.05) is 32.3 Å². The lowest BCUT2D eigenvalue weighted by Crippen LogP contribution is -2.27. The van der Waals surface area contributed by atoms with Crippen molar-refractivity contribution in [1.82, 2.24) is 5.32 Å². The number of hydrogen-bond donors (Lipinski definition) is 2. The third-order valence-electron chi connectivity index (χ3n) is 4.45. The second kappa shape index (κ2) is 6.78. The molecule has 0 aromatic heterocycles. The van der Waals surface area contributed by atoms with E-state index in [1.54, 1.807) is 7.05 Å². The highest BCUT2D eigenvalue weighted by atomic mass is 16.1. The van der Waals surface area contributed by atoms with Crippen molar-refractivity contribution in [3.63, 3.8) is 0 Å². The van der Waals surface area contributed by atoms with E-state index in [1.807, 2.05) is 18.2 Å². The van der Waals surface area contributed by atoms with Gasteiger partial charge in [0.25, 0.3) is 5.91 Å². The summed E-state index contributed by atoms with van der Waals surface area (Å²) in [5.41, 5.74) is 3.03. The average Bonchev–Trinajstić information content (AvgIpc) is 2.49. The topological polar surface area (TPSA) is 41.1 Å². The van der Waals surface area contributed by atoms with Gasteiger partial charge in [0.15, 0.2) is 0 Å². The lowest BCUT2D eigenvalue weighted by atomic mass is 9.84. The first-order valence-electron chi connectivity index (χ1n) is 7.73. The van der Waals surface area contributed by atoms with Crippen LogP contribution in [0.1, 0.15) is 54.9 Å². The molecule has 0 spiro atoms. The van der Waals surface area contributed by atoms with Crippen molar-refractivity contribution in [2.24, 2.45) is 5.92 Å². The summed E-state index contributed by atoms with van der Waals surface area (Å²) in [6.07, 6.45) is 6.44. The van der Waals surface area contributed by atoms with Crippen LogP contribution in [0.5, 0.6) is 0 Å². The summed E-state index contributed by atoms with van der Waals surface area (Å²) in [4.78, 5) is 11.7. The van der Waals surface area contributed by atoms with Gasteiger partial charge in [-0.3, -0.25) is 4.79 Å². The second-order valence-electron chi connectivity index (χ2n) is 5.89. The maximum Gasteiger partial charge on any atom is 0.251 e. The molecule has 1 aliphatic carbocycles. The smallest absolute Gasteiger partial charge is 0.251 e. The minimum atomic E-state index is -0.0249. The summed E-state index contributed by atoms with van der Waals surface area (Å²) in [5, 5.41) is 6.33. The highest BCUT2D eigenvalue weighted by Crippen LogP contribution is 2.29. The zero-order valence-electron chi connectivity index (χ0n) is 12.8.